The molecule has 0 amide bonds. The van der Waals surface area contributed by atoms with E-state index in [1.807, 2.05) is 50.5 Å². The van der Waals surface area contributed by atoms with Crippen molar-refractivity contribution in [2.75, 3.05) is 5.73 Å². The third-order valence-corrected chi connectivity index (χ3v) is 2.38. The molecule has 0 aliphatic carbocycles. The zero-order chi connectivity index (χ0) is 12.1. The lowest BCUT2D eigenvalue weighted by atomic mass is 10.1. The second-order valence-electron chi connectivity index (χ2n) is 3.59. The van der Waals surface area contributed by atoms with E-state index in [1.165, 1.54) is 16.8 Å². The van der Waals surface area contributed by atoms with E-state index in [4.69, 9.17) is 5.73 Å². The van der Waals surface area contributed by atoms with Crippen LogP contribution in [-0.2, 0) is 0 Å². The Hall–Kier alpha value is -1.70. The van der Waals surface area contributed by atoms with Gasteiger partial charge in [-0.2, -0.15) is 0 Å². The zero-order valence-corrected chi connectivity index (χ0v) is 10.5. The molecule has 16 heavy (non-hydrogen) atoms. The number of rotatable bonds is 1. The molecule has 0 aliphatic rings. The van der Waals surface area contributed by atoms with E-state index in [1.54, 1.807) is 0 Å². The second-order valence-corrected chi connectivity index (χ2v) is 3.59. The van der Waals surface area contributed by atoms with E-state index in [9.17, 15) is 0 Å². The van der Waals surface area contributed by atoms with Gasteiger partial charge in [0, 0.05) is 18.1 Å². The van der Waals surface area contributed by atoms with E-state index >= 15 is 0 Å². The summed E-state index contributed by atoms with van der Waals surface area (Å²) < 4.78 is 2.12. The van der Waals surface area contributed by atoms with Crippen LogP contribution in [0.25, 0.3) is 5.69 Å². The maximum absolute atomic E-state index is 5.77. The van der Waals surface area contributed by atoms with Crippen molar-refractivity contribution in [3.05, 3.63) is 47.8 Å². The lowest BCUT2D eigenvalue weighted by Gasteiger charge is -2.11. The normalized spacial score (nSPS) is 9.50. The molecule has 2 rings (SSSR count). The average molecular weight is 216 g/mol. The Kier molecular flexibility index (Phi) is 4.18. The van der Waals surface area contributed by atoms with Gasteiger partial charge in [0.1, 0.15) is 0 Å². The summed E-state index contributed by atoms with van der Waals surface area (Å²) >= 11 is 0. The maximum atomic E-state index is 5.77. The van der Waals surface area contributed by atoms with Crippen LogP contribution in [0.4, 0.5) is 5.69 Å². The van der Waals surface area contributed by atoms with E-state index in [-0.39, 0.29) is 0 Å². The van der Waals surface area contributed by atoms with Crippen LogP contribution >= 0.6 is 0 Å². The Morgan fingerprint density at radius 2 is 1.38 bits per heavy atom. The minimum Gasteiger partial charge on any atom is -0.399 e. The van der Waals surface area contributed by atoms with Gasteiger partial charge in [-0.15, -0.1) is 0 Å². The van der Waals surface area contributed by atoms with Gasteiger partial charge in [-0.1, -0.05) is 13.8 Å². The van der Waals surface area contributed by atoms with Gasteiger partial charge in [-0.3, -0.25) is 0 Å². The number of hydrogen-bond acceptors (Lipinski definition) is 1. The van der Waals surface area contributed by atoms with E-state index in [0.717, 1.165) is 5.69 Å². The molecule has 0 unspecified atom stereocenters. The van der Waals surface area contributed by atoms with Gasteiger partial charge < -0.3 is 10.3 Å². The molecule has 0 spiro atoms. The molecule has 0 atom stereocenters. The third-order valence-electron chi connectivity index (χ3n) is 2.38. The first-order valence-corrected chi connectivity index (χ1v) is 5.68. The molecule has 0 fully saturated rings. The highest BCUT2D eigenvalue weighted by atomic mass is 14.9. The number of nitrogens with zero attached hydrogens (tertiary/aromatic N) is 1. The first-order valence-electron chi connectivity index (χ1n) is 5.68. The van der Waals surface area contributed by atoms with Crippen molar-refractivity contribution in [1.29, 1.82) is 0 Å². The number of nitrogen functional groups attached to an aromatic ring is 1. The number of aromatic nitrogens is 1. The van der Waals surface area contributed by atoms with Gasteiger partial charge in [0.25, 0.3) is 0 Å². The summed E-state index contributed by atoms with van der Waals surface area (Å²) in [5, 5.41) is 0. The minimum absolute atomic E-state index is 0.830. The van der Waals surface area contributed by atoms with Crippen molar-refractivity contribution in [2.24, 2.45) is 0 Å². The van der Waals surface area contributed by atoms with E-state index in [2.05, 4.69) is 18.4 Å². The fraction of sp³-hybridized carbons (Fsp3) is 0.286. The number of hydrogen-bond donors (Lipinski definition) is 1. The summed E-state index contributed by atoms with van der Waals surface area (Å²) in [6, 6.07) is 8.05. The Morgan fingerprint density at radius 1 is 0.938 bits per heavy atom. The molecule has 0 saturated heterocycles. The fourth-order valence-electron chi connectivity index (χ4n) is 1.88. The summed E-state index contributed by atoms with van der Waals surface area (Å²) in [6.07, 6.45) is 4.09. The average Bonchev–Trinajstić information content (AvgIpc) is 2.72. The molecular formula is C14H20N2. The topological polar surface area (TPSA) is 30.9 Å². The van der Waals surface area contributed by atoms with Crippen LogP contribution < -0.4 is 5.73 Å². The monoisotopic (exact) mass is 216 g/mol. The van der Waals surface area contributed by atoms with Crippen molar-refractivity contribution < 1.29 is 0 Å². The molecule has 1 aromatic carbocycles. The summed E-state index contributed by atoms with van der Waals surface area (Å²) in [7, 11) is 0. The van der Waals surface area contributed by atoms with Gasteiger partial charge in [0.2, 0.25) is 0 Å². The van der Waals surface area contributed by atoms with Crippen LogP contribution in [0.1, 0.15) is 25.0 Å². The smallest absolute Gasteiger partial charge is 0.0509 e. The van der Waals surface area contributed by atoms with Crippen LogP contribution in [-0.4, -0.2) is 4.57 Å². The first-order chi connectivity index (χ1) is 7.68. The van der Waals surface area contributed by atoms with Gasteiger partial charge in [0.15, 0.2) is 0 Å². The van der Waals surface area contributed by atoms with Crippen molar-refractivity contribution >= 4 is 5.69 Å². The maximum Gasteiger partial charge on any atom is 0.0509 e. The zero-order valence-electron chi connectivity index (χ0n) is 10.5. The minimum atomic E-state index is 0.830. The number of nitrogens with two attached hydrogens (primary N) is 1. The van der Waals surface area contributed by atoms with E-state index < -0.39 is 0 Å². The standard InChI is InChI=1S/C12H14N2.C2H6/c1-9-7-11(13)8-10(2)12(9)14-5-3-4-6-14;1-2/h3-8H,13H2,1-2H3;1-2H3. The predicted molar refractivity (Wildman–Crippen MR) is 71.0 cm³/mol. The third kappa shape index (κ3) is 2.45. The van der Waals surface area contributed by atoms with Crippen LogP contribution in [0.2, 0.25) is 0 Å². The van der Waals surface area contributed by atoms with Crippen molar-refractivity contribution in [3.8, 4) is 5.69 Å². The van der Waals surface area contributed by atoms with Crippen LogP contribution in [0, 0.1) is 13.8 Å². The van der Waals surface area contributed by atoms with Gasteiger partial charge >= 0.3 is 0 Å². The summed E-state index contributed by atoms with van der Waals surface area (Å²) in [5.41, 5.74) is 10.2. The second kappa shape index (κ2) is 5.40. The Balaban J connectivity index is 0.000000606. The molecule has 0 bridgehead atoms. The van der Waals surface area contributed by atoms with E-state index in [0.29, 0.717) is 0 Å². The molecule has 1 aromatic heterocycles. The largest absolute Gasteiger partial charge is 0.399 e. The fourth-order valence-corrected chi connectivity index (χ4v) is 1.88. The Bertz CT molecular complexity index is 419. The molecule has 86 valence electrons. The first kappa shape index (κ1) is 12.4. The summed E-state index contributed by atoms with van der Waals surface area (Å²) in [6.45, 7) is 8.16. The molecule has 0 radical (unpaired) electrons. The van der Waals surface area contributed by atoms with Gasteiger partial charge in [-0.25, -0.2) is 0 Å². The molecule has 2 N–H and O–H groups in total. The quantitative estimate of drug-likeness (QED) is 0.724. The molecule has 0 aliphatic heterocycles. The number of benzene rings is 1. The van der Waals surface area contributed by atoms with Crippen LogP contribution in [0.3, 0.4) is 0 Å². The van der Waals surface area contributed by atoms with Crippen molar-refractivity contribution in [1.82, 2.24) is 4.57 Å². The highest BCUT2D eigenvalue weighted by molar-refractivity contribution is 5.56. The van der Waals surface area contributed by atoms with Crippen molar-refractivity contribution in [2.45, 2.75) is 27.7 Å². The number of aryl methyl sites for hydroxylation is 2. The molecule has 2 aromatic rings. The van der Waals surface area contributed by atoms with Gasteiger partial charge in [-0.05, 0) is 49.2 Å². The summed E-state index contributed by atoms with van der Waals surface area (Å²) in [5.74, 6) is 0. The highest BCUT2D eigenvalue weighted by Crippen LogP contribution is 2.21. The molecule has 1 heterocycles. The van der Waals surface area contributed by atoms with Crippen LogP contribution in [0.15, 0.2) is 36.7 Å². The Morgan fingerprint density at radius 3 is 1.81 bits per heavy atom. The molecule has 2 nitrogen and oxygen atoms in total. The number of anilines is 1. The lowest BCUT2D eigenvalue weighted by Crippen LogP contribution is -1.99. The lowest BCUT2D eigenvalue weighted by molar-refractivity contribution is 1.04. The molecule has 0 saturated carbocycles. The predicted octanol–water partition coefficient (Wildman–Crippen LogP) is 3.70. The molecular weight excluding hydrogens is 196 g/mol. The summed E-state index contributed by atoms with van der Waals surface area (Å²) in [4.78, 5) is 0. The van der Waals surface area contributed by atoms with Crippen LogP contribution in [0.5, 0.6) is 0 Å². The van der Waals surface area contributed by atoms with Gasteiger partial charge in [0.05, 0.1) is 5.69 Å². The van der Waals surface area contributed by atoms with Crippen molar-refractivity contribution in [3.63, 3.8) is 0 Å². The molecule has 2 heteroatoms. The Labute approximate surface area is 97.7 Å². The highest BCUT2D eigenvalue weighted by Gasteiger charge is 2.04. The SMILES string of the molecule is CC.Cc1cc(N)cc(C)c1-n1cccc1.